The van der Waals surface area contributed by atoms with E-state index in [0.29, 0.717) is 0 Å². The summed E-state index contributed by atoms with van der Waals surface area (Å²) >= 11 is 0. The molecule has 0 unspecified atom stereocenters. The van der Waals surface area contributed by atoms with Gasteiger partial charge < -0.3 is 9.47 Å². The molecular weight excluding hydrogens is 206 g/mol. The van der Waals surface area contributed by atoms with Crippen molar-refractivity contribution >= 4 is 5.97 Å². The second kappa shape index (κ2) is 4.25. The van der Waals surface area contributed by atoms with Crippen LogP contribution in [-0.4, -0.2) is 20.2 Å². The minimum atomic E-state index is -1.22. The number of ether oxygens (including phenoxy) is 2. The Morgan fingerprint density at radius 1 is 1.27 bits per heavy atom. The van der Waals surface area contributed by atoms with Gasteiger partial charge in [0.1, 0.15) is 11.3 Å². The van der Waals surface area contributed by atoms with Gasteiger partial charge in [-0.1, -0.05) is 0 Å². The lowest BCUT2D eigenvalue weighted by atomic mass is 10.1. The zero-order valence-corrected chi connectivity index (χ0v) is 8.56. The van der Waals surface area contributed by atoms with Crippen molar-refractivity contribution in [3.8, 4) is 5.75 Å². The van der Waals surface area contributed by atoms with E-state index in [4.69, 9.17) is 4.74 Å². The van der Waals surface area contributed by atoms with Gasteiger partial charge in [0.05, 0.1) is 14.2 Å². The lowest BCUT2D eigenvalue weighted by Gasteiger charge is -2.09. The second-order valence-corrected chi connectivity index (χ2v) is 2.87. The van der Waals surface area contributed by atoms with Crippen molar-refractivity contribution in [3.63, 3.8) is 0 Å². The Bertz CT molecular complexity index is 402. The number of benzene rings is 1. The van der Waals surface area contributed by atoms with E-state index in [9.17, 15) is 13.6 Å². The van der Waals surface area contributed by atoms with E-state index >= 15 is 0 Å². The van der Waals surface area contributed by atoms with Crippen LogP contribution in [-0.2, 0) is 4.74 Å². The molecule has 1 aromatic rings. The fourth-order valence-corrected chi connectivity index (χ4v) is 1.16. The van der Waals surface area contributed by atoms with Gasteiger partial charge in [-0.05, 0) is 13.0 Å². The number of rotatable bonds is 2. The van der Waals surface area contributed by atoms with Crippen LogP contribution in [0, 0.1) is 18.6 Å². The maximum atomic E-state index is 13.3. The smallest absolute Gasteiger partial charge is 0.341 e. The Balaban J connectivity index is 3.41. The molecule has 0 aliphatic heterocycles. The van der Waals surface area contributed by atoms with E-state index in [1.807, 2.05) is 0 Å². The summed E-state index contributed by atoms with van der Waals surface area (Å²) in [4.78, 5) is 11.1. The normalized spacial score (nSPS) is 9.93. The first-order valence-corrected chi connectivity index (χ1v) is 4.13. The summed E-state index contributed by atoms with van der Waals surface area (Å²) in [6, 6.07) is 1.11. The number of hydrogen-bond acceptors (Lipinski definition) is 3. The van der Waals surface area contributed by atoms with E-state index in [-0.39, 0.29) is 11.3 Å². The molecule has 0 atom stereocenters. The van der Waals surface area contributed by atoms with Crippen LogP contribution in [0.3, 0.4) is 0 Å². The SMILES string of the molecule is COC(=O)c1cc(OC)c(C)c(F)c1F. The standard InChI is InChI=1S/C10H10F2O3/c1-5-7(14-2)4-6(10(13)15-3)9(12)8(5)11/h4H,1-3H3. The third kappa shape index (κ3) is 1.91. The molecule has 0 aliphatic rings. The van der Waals surface area contributed by atoms with Crippen molar-refractivity contribution in [1.82, 2.24) is 0 Å². The van der Waals surface area contributed by atoms with Gasteiger partial charge in [-0.3, -0.25) is 0 Å². The largest absolute Gasteiger partial charge is 0.496 e. The molecule has 0 heterocycles. The molecule has 0 saturated carbocycles. The minimum Gasteiger partial charge on any atom is -0.496 e. The van der Waals surface area contributed by atoms with Crippen molar-refractivity contribution in [2.24, 2.45) is 0 Å². The first kappa shape index (κ1) is 11.4. The summed E-state index contributed by atoms with van der Waals surface area (Å²) in [5.74, 6) is -3.16. The van der Waals surface area contributed by atoms with Gasteiger partial charge in [0.2, 0.25) is 0 Å². The van der Waals surface area contributed by atoms with Crippen molar-refractivity contribution in [1.29, 1.82) is 0 Å². The van der Waals surface area contributed by atoms with Crippen LogP contribution >= 0.6 is 0 Å². The van der Waals surface area contributed by atoms with Gasteiger partial charge in [0, 0.05) is 5.56 Å². The Hall–Kier alpha value is -1.65. The fraction of sp³-hybridized carbons (Fsp3) is 0.300. The van der Waals surface area contributed by atoms with Crippen LogP contribution in [0.25, 0.3) is 0 Å². The third-order valence-corrected chi connectivity index (χ3v) is 2.03. The van der Waals surface area contributed by atoms with Crippen LogP contribution in [0.5, 0.6) is 5.75 Å². The molecule has 0 N–H and O–H groups in total. The fourth-order valence-electron chi connectivity index (χ4n) is 1.16. The van der Waals surface area contributed by atoms with Gasteiger partial charge in [0.25, 0.3) is 0 Å². The van der Waals surface area contributed by atoms with Crippen molar-refractivity contribution < 1.29 is 23.0 Å². The van der Waals surface area contributed by atoms with Crippen molar-refractivity contribution in [2.45, 2.75) is 6.92 Å². The molecule has 82 valence electrons. The number of methoxy groups -OCH3 is 2. The minimum absolute atomic E-state index is 0.0163. The molecule has 1 aromatic carbocycles. The average Bonchev–Trinajstić information content (AvgIpc) is 2.25. The highest BCUT2D eigenvalue weighted by Crippen LogP contribution is 2.26. The van der Waals surface area contributed by atoms with E-state index in [0.717, 1.165) is 13.2 Å². The number of carbonyl (C=O) groups excluding carboxylic acids is 1. The third-order valence-electron chi connectivity index (χ3n) is 2.03. The molecule has 1 rings (SSSR count). The topological polar surface area (TPSA) is 35.5 Å². The number of halogens is 2. The molecule has 15 heavy (non-hydrogen) atoms. The van der Waals surface area contributed by atoms with Crippen LogP contribution in [0.1, 0.15) is 15.9 Å². The summed E-state index contributed by atoms with van der Waals surface area (Å²) in [5.41, 5.74) is -0.458. The summed E-state index contributed by atoms with van der Waals surface area (Å²) in [6.07, 6.45) is 0. The monoisotopic (exact) mass is 216 g/mol. The lowest BCUT2D eigenvalue weighted by Crippen LogP contribution is -2.08. The molecule has 0 saturated heterocycles. The number of carbonyl (C=O) groups is 1. The van der Waals surface area contributed by atoms with Crippen LogP contribution in [0.2, 0.25) is 0 Å². The highest BCUT2D eigenvalue weighted by Gasteiger charge is 2.21. The molecule has 0 aliphatic carbocycles. The molecule has 5 heteroatoms. The molecule has 0 bridgehead atoms. The Morgan fingerprint density at radius 3 is 2.33 bits per heavy atom. The van der Waals surface area contributed by atoms with E-state index in [2.05, 4.69) is 4.74 Å². The second-order valence-electron chi connectivity index (χ2n) is 2.87. The predicted octanol–water partition coefficient (Wildman–Crippen LogP) is 2.07. The first-order valence-electron chi connectivity index (χ1n) is 4.13. The van der Waals surface area contributed by atoms with E-state index in [1.54, 1.807) is 0 Å². The highest BCUT2D eigenvalue weighted by molar-refractivity contribution is 5.90. The molecule has 0 amide bonds. The van der Waals surface area contributed by atoms with E-state index < -0.39 is 23.2 Å². The predicted molar refractivity (Wildman–Crippen MR) is 49.0 cm³/mol. The van der Waals surface area contributed by atoms with Gasteiger partial charge in [-0.25, -0.2) is 13.6 Å². The average molecular weight is 216 g/mol. The molecule has 0 aromatic heterocycles. The number of hydrogen-bond donors (Lipinski definition) is 0. The van der Waals surface area contributed by atoms with Crippen LogP contribution in [0.15, 0.2) is 6.07 Å². The van der Waals surface area contributed by atoms with Crippen LogP contribution < -0.4 is 4.74 Å². The zero-order valence-electron chi connectivity index (χ0n) is 8.56. The maximum absolute atomic E-state index is 13.3. The maximum Gasteiger partial charge on any atom is 0.341 e. The Kier molecular flexibility index (Phi) is 3.24. The Morgan fingerprint density at radius 2 is 1.87 bits per heavy atom. The molecule has 0 spiro atoms. The molecular formula is C10H10F2O3. The summed E-state index contributed by atoms with van der Waals surface area (Å²) in [6.45, 7) is 1.36. The summed E-state index contributed by atoms with van der Waals surface area (Å²) < 4.78 is 35.7. The molecule has 0 fully saturated rings. The Labute approximate surface area is 85.6 Å². The number of esters is 1. The molecule has 3 nitrogen and oxygen atoms in total. The van der Waals surface area contributed by atoms with Gasteiger partial charge in [-0.2, -0.15) is 0 Å². The first-order chi connectivity index (χ1) is 7.02. The lowest BCUT2D eigenvalue weighted by molar-refractivity contribution is 0.0593. The highest BCUT2D eigenvalue weighted by atomic mass is 19.2. The molecule has 0 radical (unpaired) electrons. The summed E-state index contributed by atoms with van der Waals surface area (Å²) in [5, 5.41) is 0. The summed E-state index contributed by atoms with van der Waals surface area (Å²) in [7, 11) is 2.40. The van der Waals surface area contributed by atoms with Gasteiger partial charge in [-0.15, -0.1) is 0 Å². The quantitative estimate of drug-likeness (QED) is 0.710. The zero-order chi connectivity index (χ0) is 11.6. The van der Waals surface area contributed by atoms with Crippen LogP contribution in [0.4, 0.5) is 8.78 Å². The van der Waals surface area contributed by atoms with Gasteiger partial charge >= 0.3 is 5.97 Å². The van der Waals surface area contributed by atoms with Crippen molar-refractivity contribution in [2.75, 3.05) is 14.2 Å². The van der Waals surface area contributed by atoms with Gasteiger partial charge in [0.15, 0.2) is 11.6 Å². The van der Waals surface area contributed by atoms with E-state index in [1.165, 1.54) is 14.0 Å². The van der Waals surface area contributed by atoms with Crippen molar-refractivity contribution in [3.05, 3.63) is 28.8 Å².